The van der Waals surface area contributed by atoms with Gasteiger partial charge in [0.25, 0.3) is 0 Å². The van der Waals surface area contributed by atoms with Crippen LogP contribution in [0.3, 0.4) is 0 Å². The second-order valence-corrected chi connectivity index (χ2v) is 8.23. The number of aromatic nitrogens is 2. The standard InChI is InChI=1S/C25H23N5OS/c1-17-5-7-19(8-6-17)27-23-16-18(2)26-25(30-23)29-21-11-9-20(10-12-21)28-24(31)14-13-22-4-3-15-32-22/h3-16H,1-2H3,(H,28,31)(H2,26,27,29,30)/b14-13+. The lowest BCUT2D eigenvalue weighted by molar-refractivity contribution is -0.111. The van der Waals surface area contributed by atoms with Gasteiger partial charge in [-0.1, -0.05) is 23.8 Å². The van der Waals surface area contributed by atoms with Gasteiger partial charge in [-0.3, -0.25) is 4.79 Å². The molecule has 0 unspecified atom stereocenters. The number of thiophene rings is 1. The molecular weight excluding hydrogens is 418 g/mol. The van der Waals surface area contributed by atoms with Gasteiger partial charge in [0, 0.05) is 39.8 Å². The van der Waals surface area contributed by atoms with Crippen LogP contribution in [0.2, 0.25) is 0 Å². The Kier molecular flexibility index (Phi) is 6.57. The number of hydrogen-bond donors (Lipinski definition) is 3. The molecule has 0 aliphatic heterocycles. The molecule has 3 N–H and O–H groups in total. The van der Waals surface area contributed by atoms with E-state index in [1.165, 1.54) is 11.6 Å². The van der Waals surface area contributed by atoms with E-state index in [1.54, 1.807) is 17.4 Å². The summed E-state index contributed by atoms with van der Waals surface area (Å²) in [4.78, 5) is 22.1. The molecule has 0 aliphatic carbocycles. The minimum Gasteiger partial charge on any atom is -0.340 e. The fourth-order valence-corrected chi connectivity index (χ4v) is 3.59. The van der Waals surface area contributed by atoms with E-state index in [0.29, 0.717) is 17.5 Å². The first-order chi connectivity index (χ1) is 15.5. The molecule has 6 nitrogen and oxygen atoms in total. The largest absolute Gasteiger partial charge is 0.340 e. The second kappa shape index (κ2) is 9.89. The molecule has 2 aromatic heterocycles. The molecule has 0 fully saturated rings. The molecule has 2 aromatic carbocycles. The van der Waals surface area contributed by atoms with Crippen LogP contribution < -0.4 is 16.0 Å². The summed E-state index contributed by atoms with van der Waals surface area (Å²) >= 11 is 1.59. The van der Waals surface area contributed by atoms with Crippen LogP contribution in [0, 0.1) is 13.8 Å². The maximum absolute atomic E-state index is 12.1. The number of carbonyl (C=O) groups is 1. The van der Waals surface area contributed by atoms with Crippen molar-refractivity contribution in [2.45, 2.75) is 13.8 Å². The topological polar surface area (TPSA) is 78.9 Å². The molecule has 0 radical (unpaired) electrons. The lowest BCUT2D eigenvalue weighted by atomic mass is 10.2. The van der Waals surface area contributed by atoms with Crippen LogP contribution >= 0.6 is 11.3 Å². The van der Waals surface area contributed by atoms with Gasteiger partial charge < -0.3 is 16.0 Å². The number of rotatable bonds is 7. The first kappa shape index (κ1) is 21.3. The summed E-state index contributed by atoms with van der Waals surface area (Å²) in [6, 6.07) is 21.4. The van der Waals surface area contributed by atoms with Crippen LogP contribution in [0.4, 0.5) is 28.8 Å². The van der Waals surface area contributed by atoms with Crippen LogP contribution in [0.25, 0.3) is 6.08 Å². The van der Waals surface area contributed by atoms with E-state index in [0.717, 1.165) is 21.9 Å². The third-order valence-corrected chi connectivity index (χ3v) is 5.37. The Morgan fingerprint density at radius 1 is 0.875 bits per heavy atom. The summed E-state index contributed by atoms with van der Waals surface area (Å²) in [5, 5.41) is 11.4. The highest BCUT2D eigenvalue weighted by Gasteiger charge is 2.05. The molecular formula is C25H23N5OS. The van der Waals surface area contributed by atoms with Gasteiger partial charge in [0.2, 0.25) is 11.9 Å². The SMILES string of the molecule is Cc1ccc(Nc2cc(C)nc(Nc3ccc(NC(=O)/C=C/c4cccs4)cc3)n2)cc1. The van der Waals surface area contributed by atoms with Gasteiger partial charge in [-0.2, -0.15) is 4.98 Å². The average Bonchev–Trinajstić information content (AvgIpc) is 3.29. The Bertz CT molecular complexity index is 1220. The van der Waals surface area contributed by atoms with Gasteiger partial charge in [0.05, 0.1) is 0 Å². The molecule has 32 heavy (non-hydrogen) atoms. The van der Waals surface area contributed by atoms with E-state index >= 15 is 0 Å². The van der Waals surface area contributed by atoms with Crippen molar-refractivity contribution < 1.29 is 4.79 Å². The summed E-state index contributed by atoms with van der Waals surface area (Å²) in [7, 11) is 0. The summed E-state index contributed by atoms with van der Waals surface area (Å²) in [6.07, 6.45) is 3.33. The second-order valence-electron chi connectivity index (χ2n) is 7.25. The van der Waals surface area contributed by atoms with Gasteiger partial charge in [-0.05, 0) is 67.8 Å². The Morgan fingerprint density at radius 2 is 1.56 bits per heavy atom. The molecule has 160 valence electrons. The predicted octanol–water partition coefficient (Wildman–Crippen LogP) is 6.29. The molecule has 2 heterocycles. The van der Waals surface area contributed by atoms with Crippen LogP contribution in [0.15, 0.2) is 78.2 Å². The van der Waals surface area contributed by atoms with Crippen LogP contribution in [0.5, 0.6) is 0 Å². The third kappa shape index (κ3) is 6.02. The van der Waals surface area contributed by atoms with E-state index < -0.39 is 0 Å². The van der Waals surface area contributed by atoms with Crippen molar-refractivity contribution in [1.82, 2.24) is 9.97 Å². The maximum atomic E-state index is 12.1. The van der Waals surface area contributed by atoms with Gasteiger partial charge in [-0.15, -0.1) is 11.3 Å². The molecule has 7 heteroatoms. The number of benzene rings is 2. The molecule has 0 aliphatic rings. The molecule has 0 saturated carbocycles. The van der Waals surface area contributed by atoms with Crippen LogP contribution in [-0.4, -0.2) is 15.9 Å². The number of nitrogens with zero attached hydrogens (tertiary/aromatic N) is 2. The van der Waals surface area contributed by atoms with Crippen molar-refractivity contribution in [3.05, 3.63) is 94.3 Å². The van der Waals surface area contributed by atoms with Crippen molar-refractivity contribution in [3.63, 3.8) is 0 Å². The molecule has 0 atom stereocenters. The third-order valence-electron chi connectivity index (χ3n) is 4.53. The van der Waals surface area contributed by atoms with Crippen molar-refractivity contribution in [2.75, 3.05) is 16.0 Å². The van der Waals surface area contributed by atoms with Gasteiger partial charge in [0.15, 0.2) is 0 Å². The highest BCUT2D eigenvalue weighted by atomic mass is 32.1. The van der Waals surface area contributed by atoms with E-state index in [2.05, 4.69) is 32.8 Å². The van der Waals surface area contributed by atoms with E-state index in [9.17, 15) is 4.79 Å². The predicted molar refractivity (Wildman–Crippen MR) is 133 cm³/mol. The summed E-state index contributed by atoms with van der Waals surface area (Å²) in [5.41, 5.74) is 4.55. The molecule has 0 bridgehead atoms. The van der Waals surface area contributed by atoms with Crippen molar-refractivity contribution in [3.8, 4) is 0 Å². The minimum atomic E-state index is -0.173. The number of amides is 1. The van der Waals surface area contributed by atoms with Crippen molar-refractivity contribution in [1.29, 1.82) is 0 Å². The zero-order chi connectivity index (χ0) is 22.3. The maximum Gasteiger partial charge on any atom is 0.248 e. The average molecular weight is 442 g/mol. The molecule has 4 aromatic rings. The Labute approximate surface area is 191 Å². The lowest BCUT2D eigenvalue weighted by Crippen LogP contribution is -2.07. The molecule has 0 saturated heterocycles. The molecule has 0 spiro atoms. The fraction of sp³-hybridized carbons (Fsp3) is 0.0800. The summed E-state index contributed by atoms with van der Waals surface area (Å²) < 4.78 is 0. The summed E-state index contributed by atoms with van der Waals surface area (Å²) in [5.74, 6) is 1.04. The van der Waals surface area contributed by atoms with Crippen molar-refractivity contribution >= 4 is 52.1 Å². The summed E-state index contributed by atoms with van der Waals surface area (Å²) in [6.45, 7) is 3.98. The van der Waals surface area contributed by atoms with E-state index in [-0.39, 0.29) is 5.91 Å². The Balaban J connectivity index is 1.39. The number of carbonyl (C=O) groups excluding carboxylic acids is 1. The molecule has 1 amide bonds. The monoisotopic (exact) mass is 441 g/mol. The number of anilines is 5. The highest BCUT2D eigenvalue weighted by molar-refractivity contribution is 7.10. The zero-order valence-corrected chi connectivity index (χ0v) is 18.6. The normalized spacial score (nSPS) is 10.8. The number of aryl methyl sites for hydroxylation is 2. The Hall–Kier alpha value is -3.97. The van der Waals surface area contributed by atoms with Gasteiger partial charge in [-0.25, -0.2) is 4.98 Å². The quantitative estimate of drug-likeness (QED) is 0.294. The smallest absolute Gasteiger partial charge is 0.248 e. The number of nitrogens with one attached hydrogen (secondary N) is 3. The number of hydrogen-bond acceptors (Lipinski definition) is 6. The minimum absolute atomic E-state index is 0.173. The fourth-order valence-electron chi connectivity index (χ4n) is 2.97. The lowest BCUT2D eigenvalue weighted by Gasteiger charge is -2.11. The highest BCUT2D eigenvalue weighted by Crippen LogP contribution is 2.21. The van der Waals surface area contributed by atoms with E-state index in [4.69, 9.17) is 0 Å². The molecule has 4 rings (SSSR count). The van der Waals surface area contributed by atoms with Crippen LogP contribution in [0.1, 0.15) is 16.1 Å². The van der Waals surface area contributed by atoms with Crippen molar-refractivity contribution in [2.24, 2.45) is 0 Å². The zero-order valence-electron chi connectivity index (χ0n) is 17.8. The van der Waals surface area contributed by atoms with Crippen LogP contribution in [-0.2, 0) is 4.79 Å². The Morgan fingerprint density at radius 3 is 2.28 bits per heavy atom. The first-order valence-electron chi connectivity index (χ1n) is 10.1. The van der Waals surface area contributed by atoms with Gasteiger partial charge >= 0.3 is 0 Å². The first-order valence-corrected chi connectivity index (χ1v) is 11.0. The van der Waals surface area contributed by atoms with E-state index in [1.807, 2.05) is 79.0 Å². The van der Waals surface area contributed by atoms with Gasteiger partial charge in [0.1, 0.15) is 5.82 Å².